The van der Waals surface area contributed by atoms with Gasteiger partial charge in [-0.3, -0.25) is 4.79 Å². The molecular weight excluding hydrogens is 312 g/mol. The maximum absolute atomic E-state index is 12.6. The second kappa shape index (κ2) is 6.70. The Balaban J connectivity index is 1.93. The Morgan fingerprint density at radius 3 is 2.46 bits per heavy atom. The lowest BCUT2D eigenvalue weighted by molar-refractivity contribution is -0.216. The van der Waals surface area contributed by atoms with Gasteiger partial charge < -0.3 is 9.47 Å². The van der Waals surface area contributed by atoms with Crippen molar-refractivity contribution in [1.29, 1.82) is 0 Å². The zero-order chi connectivity index (χ0) is 17.2. The molecule has 1 atom stereocenters. The zero-order valence-electron chi connectivity index (χ0n) is 14.5. The summed E-state index contributed by atoms with van der Waals surface area (Å²) in [5.74, 6) is -0.299. The van der Waals surface area contributed by atoms with Crippen molar-refractivity contribution in [3.05, 3.63) is 0 Å². The molecule has 0 aromatic rings. The third kappa shape index (κ3) is 2.90. The normalized spacial score (nSPS) is 27.8. The van der Waals surface area contributed by atoms with Crippen molar-refractivity contribution >= 4 is 17.8 Å². The van der Waals surface area contributed by atoms with Gasteiger partial charge in [-0.1, -0.05) is 12.8 Å². The lowest BCUT2D eigenvalue weighted by Crippen LogP contribution is -2.47. The van der Waals surface area contributed by atoms with E-state index in [0.29, 0.717) is 6.54 Å². The summed E-state index contributed by atoms with van der Waals surface area (Å²) in [7, 11) is 0. The number of aliphatic imine (C=N–C) groups is 1. The van der Waals surface area contributed by atoms with Gasteiger partial charge in [0.2, 0.25) is 0 Å². The molecule has 2 aliphatic heterocycles. The smallest absolute Gasteiger partial charge is 0.364 e. The molecule has 0 N–H and O–H groups in total. The Labute approximate surface area is 142 Å². The third-order valence-corrected chi connectivity index (χ3v) is 5.12. The second-order valence-electron chi connectivity index (χ2n) is 6.71. The van der Waals surface area contributed by atoms with Crippen LogP contribution in [0.15, 0.2) is 4.99 Å². The van der Waals surface area contributed by atoms with Gasteiger partial charge in [0.25, 0.3) is 5.72 Å². The summed E-state index contributed by atoms with van der Waals surface area (Å²) >= 11 is 0. The van der Waals surface area contributed by atoms with E-state index in [1.807, 2.05) is 0 Å². The Morgan fingerprint density at radius 1 is 1.12 bits per heavy atom. The number of ether oxygens (including phenoxy) is 2. The molecule has 1 unspecified atom stereocenters. The van der Waals surface area contributed by atoms with E-state index in [9.17, 15) is 9.59 Å². The van der Waals surface area contributed by atoms with Crippen LogP contribution in [0, 0.1) is 5.41 Å². The topological polar surface area (TPSA) is 77.4 Å². The molecule has 2 fully saturated rings. The first-order chi connectivity index (χ1) is 11.6. The van der Waals surface area contributed by atoms with Crippen LogP contribution in [0.2, 0.25) is 0 Å². The monoisotopic (exact) mass is 338 g/mol. The minimum absolute atomic E-state index is 0.0127. The largest absolute Gasteiger partial charge is 0.466 e. The summed E-state index contributed by atoms with van der Waals surface area (Å²) in [6, 6.07) is 0. The van der Waals surface area contributed by atoms with Crippen molar-refractivity contribution in [2.45, 2.75) is 64.5 Å². The van der Waals surface area contributed by atoms with Gasteiger partial charge >= 0.3 is 11.9 Å². The highest BCUT2D eigenvalue weighted by Crippen LogP contribution is 2.49. The molecule has 7 nitrogen and oxygen atoms in total. The number of hydroxylamine groups is 2. The van der Waals surface area contributed by atoms with Crippen molar-refractivity contribution in [2.24, 2.45) is 10.4 Å². The fourth-order valence-corrected chi connectivity index (χ4v) is 4.08. The average Bonchev–Trinajstić information content (AvgIpc) is 3.15. The van der Waals surface area contributed by atoms with Crippen LogP contribution in [0.25, 0.3) is 0 Å². The molecule has 3 aliphatic rings. The van der Waals surface area contributed by atoms with Crippen LogP contribution in [0.5, 0.6) is 0 Å². The minimum Gasteiger partial charge on any atom is -0.466 e. The summed E-state index contributed by atoms with van der Waals surface area (Å²) in [6.45, 7) is 4.60. The van der Waals surface area contributed by atoms with E-state index in [4.69, 9.17) is 14.3 Å². The van der Waals surface area contributed by atoms with Gasteiger partial charge in [-0.15, -0.1) is 0 Å². The summed E-state index contributed by atoms with van der Waals surface area (Å²) in [5, 5.41) is 1.73. The molecular formula is C17H26N2O5. The summed E-state index contributed by atoms with van der Waals surface area (Å²) in [4.78, 5) is 35.2. The summed E-state index contributed by atoms with van der Waals surface area (Å²) < 4.78 is 10.2. The van der Waals surface area contributed by atoms with E-state index in [1.54, 1.807) is 18.9 Å². The lowest BCUT2D eigenvalue weighted by Gasteiger charge is -2.38. The maximum Gasteiger partial charge on any atom is 0.364 e. The molecule has 0 bridgehead atoms. The number of piperidine rings is 1. The molecule has 1 saturated heterocycles. The maximum atomic E-state index is 12.6. The second-order valence-corrected chi connectivity index (χ2v) is 6.71. The van der Waals surface area contributed by atoms with Crippen molar-refractivity contribution < 1.29 is 23.9 Å². The molecule has 1 aliphatic carbocycles. The van der Waals surface area contributed by atoms with Gasteiger partial charge in [-0.25, -0.2) is 19.7 Å². The van der Waals surface area contributed by atoms with Crippen LogP contribution in [0.1, 0.15) is 58.8 Å². The molecule has 0 aromatic carbocycles. The number of hydrogen-bond acceptors (Lipinski definition) is 7. The van der Waals surface area contributed by atoms with Crippen LogP contribution in [0.4, 0.5) is 0 Å². The van der Waals surface area contributed by atoms with Crippen LogP contribution < -0.4 is 0 Å². The molecule has 0 amide bonds. The molecule has 1 saturated carbocycles. The van der Waals surface area contributed by atoms with Gasteiger partial charge in [-0.2, -0.15) is 0 Å². The van der Waals surface area contributed by atoms with Gasteiger partial charge in [-0.05, 0) is 39.5 Å². The number of hydrogen-bond donors (Lipinski definition) is 0. The van der Waals surface area contributed by atoms with E-state index in [2.05, 4.69) is 4.99 Å². The summed E-state index contributed by atoms with van der Waals surface area (Å²) in [6.07, 6.45) is 6.25. The van der Waals surface area contributed by atoms with Crippen LogP contribution in [-0.4, -0.2) is 48.3 Å². The number of nitrogens with zero attached hydrogens (tertiary/aromatic N) is 2. The molecule has 1 spiro atoms. The Bertz CT molecular complexity index is 541. The van der Waals surface area contributed by atoms with E-state index in [1.165, 1.54) is 0 Å². The number of amidine groups is 1. The highest BCUT2D eigenvalue weighted by atomic mass is 16.7. The zero-order valence-corrected chi connectivity index (χ0v) is 14.5. The molecule has 0 aromatic heterocycles. The predicted molar refractivity (Wildman–Crippen MR) is 86.0 cm³/mol. The molecule has 7 heteroatoms. The fraction of sp³-hybridized carbons (Fsp3) is 0.824. The highest BCUT2D eigenvalue weighted by molar-refractivity contribution is 5.95. The minimum atomic E-state index is -1.63. The lowest BCUT2D eigenvalue weighted by atomic mass is 9.77. The number of carbonyl (C=O) groups excluding carboxylic acids is 2. The number of esters is 2. The molecule has 134 valence electrons. The van der Waals surface area contributed by atoms with E-state index < -0.39 is 17.7 Å². The highest BCUT2D eigenvalue weighted by Gasteiger charge is 2.57. The molecule has 3 rings (SSSR count). The van der Waals surface area contributed by atoms with Gasteiger partial charge in [0.05, 0.1) is 13.2 Å². The quantitative estimate of drug-likeness (QED) is 0.715. The Kier molecular flexibility index (Phi) is 4.80. The van der Waals surface area contributed by atoms with Crippen LogP contribution in [0.3, 0.4) is 0 Å². The third-order valence-electron chi connectivity index (χ3n) is 5.12. The van der Waals surface area contributed by atoms with Crippen molar-refractivity contribution in [1.82, 2.24) is 5.06 Å². The van der Waals surface area contributed by atoms with Gasteiger partial charge in [0.1, 0.15) is 12.3 Å². The van der Waals surface area contributed by atoms with Crippen molar-refractivity contribution in [3.8, 4) is 0 Å². The van der Waals surface area contributed by atoms with E-state index >= 15 is 0 Å². The van der Waals surface area contributed by atoms with Crippen molar-refractivity contribution in [3.63, 3.8) is 0 Å². The van der Waals surface area contributed by atoms with E-state index in [0.717, 1.165) is 44.4 Å². The van der Waals surface area contributed by atoms with Crippen LogP contribution in [-0.2, 0) is 23.9 Å². The van der Waals surface area contributed by atoms with Gasteiger partial charge in [0, 0.05) is 12.0 Å². The number of rotatable bonds is 5. The van der Waals surface area contributed by atoms with Gasteiger partial charge in [0.15, 0.2) is 0 Å². The van der Waals surface area contributed by atoms with Crippen molar-refractivity contribution in [2.75, 3.05) is 19.8 Å². The Hall–Kier alpha value is -1.63. The average molecular weight is 338 g/mol. The fourth-order valence-electron chi connectivity index (χ4n) is 4.08. The number of carbonyl (C=O) groups is 2. The standard InChI is InChI=1S/C17H26N2O5/c1-3-22-13(20)12-17(15(21)23-4-2)18-14-16(8-5-6-9-16)10-7-11-19(14)24-17/h3-12H2,1-2H3. The first-order valence-corrected chi connectivity index (χ1v) is 8.95. The summed E-state index contributed by atoms with van der Waals surface area (Å²) in [5.41, 5.74) is -1.64. The first-order valence-electron chi connectivity index (χ1n) is 8.95. The Morgan fingerprint density at radius 2 is 1.79 bits per heavy atom. The van der Waals surface area contributed by atoms with E-state index in [-0.39, 0.29) is 25.0 Å². The molecule has 2 heterocycles. The predicted octanol–water partition coefficient (Wildman–Crippen LogP) is 2.20. The SMILES string of the molecule is CCOC(=O)CC1(C(=O)OCC)N=C2N(CCCC23CCCC3)O1. The first kappa shape index (κ1) is 17.2. The van der Waals surface area contributed by atoms with Crippen LogP contribution >= 0.6 is 0 Å². The molecule has 0 radical (unpaired) electrons. The number of fused-ring (bicyclic) bond motifs is 2. The molecule has 24 heavy (non-hydrogen) atoms.